The summed E-state index contributed by atoms with van der Waals surface area (Å²) in [6.45, 7) is 2.49. The zero-order chi connectivity index (χ0) is 15.5. The van der Waals surface area contributed by atoms with E-state index < -0.39 is 11.9 Å². The van der Waals surface area contributed by atoms with Gasteiger partial charge in [0.2, 0.25) is 11.6 Å². The monoisotopic (exact) mass is 299 g/mol. The fourth-order valence-electron chi connectivity index (χ4n) is 2.63. The summed E-state index contributed by atoms with van der Waals surface area (Å²) in [7, 11) is 0. The van der Waals surface area contributed by atoms with Gasteiger partial charge in [-0.2, -0.15) is 4.84 Å². The van der Waals surface area contributed by atoms with Crippen LogP contribution in [0, 0.1) is 0 Å². The average Bonchev–Trinajstić information content (AvgIpc) is 2.84. The molecule has 0 saturated carbocycles. The minimum absolute atomic E-state index is 0.0741. The van der Waals surface area contributed by atoms with E-state index in [9.17, 15) is 9.90 Å². The molecule has 1 aliphatic carbocycles. The Hall–Kier alpha value is -2.56. The van der Waals surface area contributed by atoms with Gasteiger partial charge in [-0.1, -0.05) is 30.3 Å². The Morgan fingerprint density at radius 1 is 1.27 bits per heavy atom. The van der Waals surface area contributed by atoms with Crippen molar-refractivity contribution in [3.05, 3.63) is 53.6 Å². The standard InChI is InChI=1S/C17H17NO4/c1-2-21-14-10-6-9-13(11-14)18-16(19)15(17(20)22-18)12-7-4-3-5-8-12/h3-5,7-8,11H,2,6,9-10H2,1H3/b18-13+. The predicted molar refractivity (Wildman–Crippen MR) is 78.3 cm³/mol. The topological polar surface area (TPSA) is 61.6 Å². The van der Waals surface area contributed by atoms with E-state index >= 15 is 0 Å². The van der Waals surface area contributed by atoms with Gasteiger partial charge in [-0.05, 0) is 18.9 Å². The second kappa shape index (κ2) is 6.05. The number of nitrogens with zero attached hydrogens (tertiary/aromatic N) is 1. The Labute approximate surface area is 128 Å². The molecular formula is C17H17NO4. The molecule has 2 aliphatic rings. The molecule has 114 valence electrons. The molecule has 1 aromatic rings. The van der Waals surface area contributed by atoms with Crippen LogP contribution >= 0.6 is 0 Å². The van der Waals surface area contributed by atoms with Crippen molar-refractivity contribution in [3.8, 4) is 0 Å². The molecule has 0 amide bonds. The highest BCUT2D eigenvalue weighted by Crippen LogP contribution is 2.26. The molecule has 1 aromatic carbocycles. The summed E-state index contributed by atoms with van der Waals surface area (Å²) in [6, 6.07) is 8.86. The maximum absolute atomic E-state index is 12.5. The van der Waals surface area contributed by atoms with E-state index in [0.717, 1.165) is 23.3 Å². The van der Waals surface area contributed by atoms with Crippen LogP contribution in [0.25, 0.3) is 5.57 Å². The molecule has 0 spiro atoms. The lowest BCUT2D eigenvalue weighted by Gasteiger charge is -2.13. The van der Waals surface area contributed by atoms with E-state index in [4.69, 9.17) is 9.57 Å². The van der Waals surface area contributed by atoms with Crippen LogP contribution in [0.5, 0.6) is 0 Å². The van der Waals surface area contributed by atoms with Crippen LogP contribution in [0.2, 0.25) is 0 Å². The third-order valence-corrected chi connectivity index (χ3v) is 3.61. The fourth-order valence-corrected chi connectivity index (χ4v) is 2.63. The first kappa shape index (κ1) is 14.4. The molecule has 0 bridgehead atoms. The lowest BCUT2D eigenvalue weighted by molar-refractivity contribution is -0.773. The van der Waals surface area contributed by atoms with Crippen molar-refractivity contribution < 1.29 is 24.2 Å². The van der Waals surface area contributed by atoms with Gasteiger partial charge in [0.15, 0.2) is 0 Å². The lowest BCUT2D eigenvalue weighted by atomic mass is 10.0. The number of rotatable bonds is 3. The zero-order valence-electron chi connectivity index (χ0n) is 12.4. The van der Waals surface area contributed by atoms with E-state index in [-0.39, 0.29) is 5.57 Å². The van der Waals surface area contributed by atoms with Crippen LogP contribution in [0.15, 0.2) is 48.1 Å². The highest BCUT2D eigenvalue weighted by atomic mass is 16.7. The Morgan fingerprint density at radius 2 is 2.05 bits per heavy atom. The largest absolute Gasteiger partial charge is 0.819 e. The van der Waals surface area contributed by atoms with Gasteiger partial charge in [-0.25, -0.2) is 4.79 Å². The second-order valence-electron chi connectivity index (χ2n) is 5.11. The van der Waals surface area contributed by atoms with Crippen molar-refractivity contribution >= 4 is 17.3 Å². The van der Waals surface area contributed by atoms with Crippen molar-refractivity contribution in [1.82, 2.24) is 0 Å². The van der Waals surface area contributed by atoms with Gasteiger partial charge in [0.05, 0.1) is 6.61 Å². The van der Waals surface area contributed by atoms with E-state index in [0.29, 0.717) is 24.3 Å². The first-order valence-electron chi connectivity index (χ1n) is 7.39. The number of carbonyl (C=O) groups is 1. The van der Waals surface area contributed by atoms with Crippen LogP contribution in [0.4, 0.5) is 0 Å². The first-order chi connectivity index (χ1) is 10.7. The maximum atomic E-state index is 12.5. The summed E-state index contributed by atoms with van der Waals surface area (Å²) in [5.74, 6) is -0.207. The summed E-state index contributed by atoms with van der Waals surface area (Å²) in [5.41, 5.74) is 1.31. The number of carbonyl (C=O) groups excluding carboxylic acids is 1. The molecule has 0 N–H and O–H groups in total. The summed E-state index contributed by atoms with van der Waals surface area (Å²) in [5, 5.41) is 12.5. The molecule has 5 heteroatoms. The Morgan fingerprint density at radius 3 is 2.77 bits per heavy atom. The molecular weight excluding hydrogens is 282 g/mol. The Bertz CT molecular complexity index is 686. The van der Waals surface area contributed by atoms with E-state index in [1.165, 1.54) is 0 Å². The molecule has 0 radical (unpaired) electrons. The molecule has 0 saturated heterocycles. The Balaban J connectivity index is 2.03. The number of ether oxygens (including phenoxy) is 1. The predicted octanol–water partition coefficient (Wildman–Crippen LogP) is 1.75. The molecule has 0 atom stereocenters. The van der Waals surface area contributed by atoms with Crippen LogP contribution < -0.4 is 5.11 Å². The SMILES string of the molecule is CCOC1=C/C(=[N+]2/OC(=O)C(c3ccccc3)=C2[O-])CCC1. The number of benzene rings is 1. The summed E-state index contributed by atoms with van der Waals surface area (Å²) >= 11 is 0. The van der Waals surface area contributed by atoms with Crippen molar-refractivity contribution in [2.45, 2.75) is 26.2 Å². The van der Waals surface area contributed by atoms with Gasteiger partial charge in [-0.3, -0.25) is 0 Å². The number of hydrogen-bond acceptors (Lipinski definition) is 4. The van der Waals surface area contributed by atoms with Crippen molar-refractivity contribution in [2.75, 3.05) is 6.61 Å². The summed E-state index contributed by atoms with van der Waals surface area (Å²) < 4.78 is 6.60. The molecule has 0 fully saturated rings. The molecule has 0 unspecified atom stereocenters. The van der Waals surface area contributed by atoms with Gasteiger partial charge in [0, 0.05) is 23.7 Å². The highest BCUT2D eigenvalue weighted by molar-refractivity contribution is 6.17. The van der Waals surface area contributed by atoms with E-state index in [1.54, 1.807) is 30.3 Å². The van der Waals surface area contributed by atoms with Crippen molar-refractivity contribution in [1.29, 1.82) is 0 Å². The normalized spacial score (nSPS) is 21.7. The molecule has 3 rings (SSSR count). The summed E-state index contributed by atoms with van der Waals surface area (Å²) in [4.78, 5) is 17.2. The quantitative estimate of drug-likeness (QED) is 0.630. The van der Waals surface area contributed by atoms with Gasteiger partial charge >= 0.3 is 5.97 Å². The van der Waals surface area contributed by atoms with Crippen molar-refractivity contribution in [3.63, 3.8) is 0 Å². The minimum Gasteiger partial charge on any atom is -0.819 e. The third kappa shape index (κ3) is 2.62. The molecule has 5 nitrogen and oxygen atoms in total. The van der Waals surface area contributed by atoms with Crippen LogP contribution in [-0.2, 0) is 14.4 Å². The second-order valence-corrected chi connectivity index (χ2v) is 5.11. The van der Waals surface area contributed by atoms with Gasteiger partial charge in [0.25, 0.3) is 0 Å². The average molecular weight is 299 g/mol. The molecule has 22 heavy (non-hydrogen) atoms. The van der Waals surface area contributed by atoms with Crippen LogP contribution in [0.3, 0.4) is 0 Å². The molecule has 1 heterocycles. The Kier molecular flexibility index (Phi) is 3.96. The molecule has 0 aromatic heterocycles. The number of hydroxylamine groups is 1. The first-order valence-corrected chi connectivity index (χ1v) is 7.39. The number of hydrogen-bond donors (Lipinski definition) is 0. The van der Waals surface area contributed by atoms with Gasteiger partial charge < -0.3 is 9.84 Å². The van der Waals surface area contributed by atoms with Crippen molar-refractivity contribution in [2.24, 2.45) is 0 Å². The fraction of sp³-hybridized carbons (Fsp3) is 0.294. The lowest BCUT2D eigenvalue weighted by Crippen LogP contribution is -2.25. The summed E-state index contributed by atoms with van der Waals surface area (Å²) in [6.07, 6.45) is 4.18. The highest BCUT2D eigenvalue weighted by Gasteiger charge is 2.36. The smallest absolute Gasteiger partial charge is 0.417 e. The van der Waals surface area contributed by atoms with E-state index in [2.05, 4.69) is 0 Å². The van der Waals surface area contributed by atoms with Gasteiger partial charge in [0.1, 0.15) is 11.3 Å². The maximum Gasteiger partial charge on any atom is 0.417 e. The molecule has 1 aliphatic heterocycles. The minimum atomic E-state index is -0.611. The van der Waals surface area contributed by atoms with Crippen LogP contribution in [0.1, 0.15) is 31.7 Å². The van der Waals surface area contributed by atoms with Crippen LogP contribution in [-0.4, -0.2) is 23.0 Å². The van der Waals surface area contributed by atoms with Gasteiger partial charge in [-0.15, -0.1) is 0 Å². The zero-order valence-corrected chi connectivity index (χ0v) is 12.4. The third-order valence-electron chi connectivity index (χ3n) is 3.61. The number of allylic oxidation sites excluding steroid dienone is 2. The van der Waals surface area contributed by atoms with E-state index in [1.807, 2.05) is 13.0 Å².